The zero-order valence-corrected chi connectivity index (χ0v) is 41.8. The van der Waals surface area contributed by atoms with E-state index in [9.17, 15) is 52.7 Å². The highest BCUT2D eigenvalue weighted by atomic mass is 33.1. The van der Waals surface area contributed by atoms with Gasteiger partial charge in [0.1, 0.15) is 47.5 Å². The summed E-state index contributed by atoms with van der Waals surface area (Å²) in [4.78, 5) is 146. The van der Waals surface area contributed by atoms with Crippen molar-refractivity contribution in [2.24, 2.45) is 29.0 Å². The monoisotopic (exact) mass is 1010 g/mol. The van der Waals surface area contributed by atoms with Crippen LogP contribution in [0.25, 0.3) is 0 Å². The Morgan fingerprint density at radius 1 is 0.783 bits per heavy atom. The lowest BCUT2D eigenvalue weighted by molar-refractivity contribution is -0.137. The van der Waals surface area contributed by atoms with Crippen LogP contribution in [0, 0.1) is 11.8 Å². The van der Waals surface area contributed by atoms with E-state index in [4.69, 9.17) is 21.9 Å². The summed E-state index contributed by atoms with van der Waals surface area (Å²) in [7, 11) is 2.19. The largest absolute Gasteiger partial charge is 0.494 e. The van der Waals surface area contributed by atoms with Gasteiger partial charge in [0.25, 0.3) is 0 Å². The molecule has 23 nitrogen and oxygen atoms in total. The average molecular weight is 1010 g/mol. The molecule has 14 N–H and O–H groups in total. The Kier molecular flexibility index (Phi) is 24.8. The molecule has 1 fully saturated rings. The van der Waals surface area contributed by atoms with Gasteiger partial charge in [0.05, 0.1) is 19.6 Å². The summed E-state index contributed by atoms with van der Waals surface area (Å²) in [6, 6.07) is -1.50. The minimum atomic E-state index is -1.74. The number of carbonyl (C=O) groups excluding carboxylic acids is 11. The van der Waals surface area contributed by atoms with E-state index in [1.807, 2.05) is 6.92 Å². The van der Waals surface area contributed by atoms with Crippen molar-refractivity contribution in [2.45, 2.75) is 135 Å². The Labute approximate surface area is 409 Å². The van der Waals surface area contributed by atoms with E-state index < -0.39 is 132 Å². The highest BCUT2D eigenvalue weighted by Gasteiger charge is 2.38. The molecule has 1 heterocycles. The van der Waals surface area contributed by atoms with Gasteiger partial charge in [0, 0.05) is 30.8 Å². The molecule has 0 saturated carbocycles. The van der Waals surface area contributed by atoms with Gasteiger partial charge >= 0.3 is 0 Å². The first-order chi connectivity index (χ1) is 32.4. The van der Waals surface area contributed by atoms with Crippen molar-refractivity contribution in [2.75, 3.05) is 24.7 Å². The van der Waals surface area contributed by atoms with Crippen molar-refractivity contribution < 1.29 is 57.5 Å². The topological polar surface area (TPSA) is 371 Å². The molecule has 25 heteroatoms. The molecular weight excluding hydrogens is 939 g/mol. The molecule has 0 unspecified atom stereocenters. The third kappa shape index (κ3) is 21.4. The van der Waals surface area contributed by atoms with Crippen LogP contribution in [0.4, 0.5) is 0 Å². The van der Waals surface area contributed by atoms with Gasteiger partial charge in [-0.15, -0.1) is 0 Å². The van der Waals surface area contributed by atoms with Crippen LogP contribution >= 0.6 is 21.6 Å². The Bertz CT molecular complexity index is 2010. The summed E-state index contributed by atoms with van der Waals surface area (Å²) in [6.07, 6.45) is -1.17. The van der Waals surface area contributed by atoms with Gasteiger partial charge in [-0.1, -0.05) is 67.8 Å². The number of primary amides is 3. The number of rotatable bonds is 20. The lowest BCUT2D eigenvalue weighted by Crippen LogP contribution is -2.63. The molecule has 1 aromatic carbocycles. The fraction of sp³-hybridized carbons (Fsp3) is 0.614. The molecule has 1 aliphatic heterocycles. The molecule has 384 valence electrons. The van der Waals surface area contributed by atoms with E-state index in [1.54, 1.807) is 52.0 Å². The van der Waals surface area contributed by atoms with E-state index >= 15 is 0 Å². The van der Waals surface area contributed by atoms with Gasteiger partial charge in [-0.25, -0.2) is 0 Å². The van der Waals surface area contributed by atoms with Crippen LogP contribution in [0.5, 0.6) is 5.75 Å². The first-order valence-corrected chi connectivity index (χ1v) is 25.1. The van der Waals surface area contributed by atoms with Crippen molar-refractivity contribution >= 4 is 86.6 Å². The maximum Gasteiger partial charge on any atom is 0.245 e. The average Bonchev–Trinajstić information content (AvgIpc) is 3.26. The normalized spacial score (nSPS) is 21.1. The van der Waals surface area contributed by atoms with Crippen molar-refractivity contribution in [3.63, 3.8) is 0 Å². The molecule has 2 rings (SSSR count). The lowest BCUT2D eigenvalue weighted by Gasteiger charge is -2.31. The number of benzene rings is 1. The molecule has 0 spiro atoms. The molecule has 0 bridgehead atoms. The van der Waals surface area contributed by atoms with Crippen molar-refractivity contribution in [1.29, 1.82) is 0 Å². The molecule has 1 aromatic rings. The SMILES string of the molecule is CCOc1ccc(C[C@H]2NC(=O)CCSSC[C@@H](C(=O)NC(C)(C)C(=O)N[C@@H](CC(C)C)C(=O)NCC(N)=O)NC(=O)[C@H](CC(N)=O)NC(=O)[C@H](CCC(N)=O)NC(=O)[C@H]([C@@H](C)CC)NC2=O)cc1. The van der Waals surface area contributed by atoms with Crippen LogP contribution in [0.15, 0.2) is 24.3 Å². The summed E-state index contributed by atoms with van der Waals surface area (Å²) >= 11 is 0. The Morgan fingerprint density at radius 3 is 1.99 bits per heavy atom. The van der Waals surface area contributed by atoms with E-state index in [2.05, 4.69) is 42.5 Å². The maximum absolute atomic E-state index is 14.1. The summed E-state index contributed by atoms with van der Waals surface area (Å²) in [6.45, 7) is 11.5. The van der Waals surface area contributed by atoms with Crippen molar-refractivity contribution in [1.82, 2.24) is 42.5 Å². The summed E-state index contributed by atoms with van der Waals surface area (Å²) in [5, 5.41) is 20.4. The molecule has 1 saturated heterocycles. The predicted molar refractivity (Wildman–Crippen MR) is 258 cm³/mol. The summed E-state index contributed by atoms with van der Waals surface area (Å²) < 4.78 is 5.53. The summed E-state index contributed by atoms with van der Waals surface area (Å²) in [5.41, 5.74) is 15.0. The number of nitrogens with two attached hydrogens (primary N) is 3. The van der Waals surface area contributed by atoms with Gasteiger partial charge in [-0.2, -0.15) is 0 Å². The molecular formula is C44H69N11O12S2. The second kappa shape index (κ2) is 29.0. The van der Waals surface area contributed by atoms with Gasteiger partial charge < -0.3 is 64.5 Å². The van der Waals surface area contributed by atoms with E-state index in [0.29, 0.717) is 24.3 Å². The number of hydrogen-bond donors (Lipinski definition) is 11. The number of nitrogens with one attached hydrogen (secondary N) is 8. The fourth-order valence-corrected chi connectivity index (χ4v) is 8.76. The van der Waals surface area contributed by atoms with Crippen LogP contribution in [0.1, 0.15) is 92.6 Å². The van der Waals surface area contributed by atoms with Gasteiger partial charge in [-0.3, -0.25) is 52.7 Å². The first-order valence-electron chi connectivity index (χ1n) is 22.6. The van der Waals surface area contributed by atoms with Crippen LogP contribution < -0.4 is 64.5 Å². The van der Waals surface area contributed by atoms with E-state index in [1.165, 1.54) is 13.8 Å². The van der Waals surface area contributed by atoms with E-state index in [-0.39, 0.29) is 43.1 Å². The zero-order valence-electron chi connectivity index (χ0n) is 40.2. The Morgan fingerprint density at radius 2 is 1.41 bits per heavy atom. The predicted octanol–water partition coefficient (Wildman–Crippen LogP) is -1.95. The number of hydrogen-bond acceptors (Lipinski definition) is 14. The zero-order chi connectivity index (χ0) is 52.0. The van der Waals surface area contributed by atoms with Crippen LogP contribution in [0.2, 0.25) is 0 Å². The fourth-order valence-electron chi connectivity index (χ4n) is 6.61. The number of carbonyl (C=O) groups is 11. The van der Waals surface area contributed by atoms with Crippen LogP contribution in [-0.2, 0) is 59.2 Å². The molecule has 0 radical (unpaired) electrons. The second-order valence-corrected chi connectivity index (χ2v) is 20.1. The number of ether oxygens (including phenoxy) is 1. The van der Waals surface area contributed by atoms with Gasteiger partial charge in [0.15, 0.2) is 0 Å². The smallest absolute Gasteiger partial charge is 0.245 e. The standard InChI is InChI=1S/C44H69N11O12S2/c1-8-24(5)36-42(65)50-27(14-15-32(45)56)38(61)51-30(20-33(46)57)39(62)52-31(41(64)55-44(6,7)43(66)53-28(18-23(3)4)37(60)48-21-34(47)58)22-69-68-17-16-35(59)49-29(40(63)54-36)19-25-10-12-26(13-11-25)67-9-2/h10-13,23-24,27-31,36H,8-9,14-22H2,1-7H3,(H2,45,56)(H2,46,57)(H2,47,58)(H,48,60)(H,49,59)(H,50,65)(H,51,61)(H,52,62)(H,53,66)(H,54,63)(H,55,64)/t24-,27-,28-,29+,30-,31-,36-/m0/s1. The third-order valence-electron chi connectivity index (χ3n) is 10.6. The Hall–Kier alpha value is -6.11. The molecule has 0 aliphatic carbocycles. The minimum absolute atomic E-state index is 0.0113. The Balaban J connectivity index is 2.59. The molecule has 1 aliphatic rings. The minimum Gasteiger partial charge on any atom is -0.494 e. The van der Waals surface area contributed by atoms with Crippen molar-refractivity contribution in [3.8, 4) is 5.75 Å². The van der Waals surface area contributed by atoms with Crippen LogP contribution in [0.3, 0.4) is 0 Å². The first kappa shape index (κ1) is 59.0. The van der Waals surface area contributed by atoms with Crippen molar-refractivity contribution in [3.05, 3.63) is 29.8 Å². The van der Waals surface area contributed by atoms with Gasteiger partial charge in [-0.05, 0) is 63.1 Å². The molecule has 11 amide bonds. The molecule has 7 atom stereocenters. The highest BCUT2D eigenvalue weighted by molar-refractivity contribution is 8.76. The van der Waals surface area contributed by atoms with Crippen LogP contribution in [-0.4, -0.2) is 131 Å². The quantitative estimate of drug-likeness (QED) is 0.0633. The lowest BCUT2D eigenvalue weighted by atomic mass is 9.96. The molecule has 0 aromatic heterocycles. The number of amides is 11. The molecule has 69 heavy (non-hydrogen) atoms. The maximum atomic E-state index is 14.1. The second-order valence-electron chi connectivity index (χ2n) is 17.4. The third-order valence-corrected chi connectivity index (χ3v) is 13.0. The highest BCUT2D eigenvalue weighted by Crippen LogP contribution is 2.24. The summed E-state index contributed by atoms with van der Waals surface area (Å²) in [5.74, 6) is -9.41. The van der Waals surface area contributed by atoms with E-state index in [0.717, 1.165) is 21.6 Å². The van der Waals surface area contributed by atoms with Gasteiger partial charge in [0.2, 0.25) is 65.0 Å².